The van der Waals surface area contributed by atoms with Crippen LogP contribution in [0.2, 0.25) is 0 Å². The molecule has 6 nitrogen and oxygen atoms in total. The minimum Gasteiger partial charge on any atom is -0.456 e. The van der Waals surface area contributed by atoms with Crippen LogP contribution in [0, 0.1) is 0 Å². The van der Waals surface area contributed by atoms with E-state index in [2.05, 4.69) is 271 Å². The van der Waals surface area contributed by atoms with Gasteiger partial charge in [-0.3, -0.25) is 0 Å². The van der Waals surface area contributed by atoms with E-state index in [9.17, 15) is 0 Å². The molecule has 0 amide bonds. The Morgan fingerprint density at radius 1 is 0.349 bits per heavy atom. The number of hydrogen-bond donors (Lipinski definition) is 0. The molecule has 3 aromatic heterocycles. The zero-order valence-electron chi connectivity index (χ0n) is 47.2. The SMILES string of the molecule is CC1(C)c2cc(N(c3ccc(-c4cc5ccccc5o4)cc3)c3cc4c5c(c3)N(c3cccc(-c6cc7ccccc7o6)c3)c3cc(-c6cc7ccccc7o6)ccc3B5c3ccccc3N4c3ccccc3)ccc2-c2c1ccc1ccccc21. The Kier molecular flexibility index (Phi) is 10.4. The van der Waals surface area contributed by atoms with Crippen molar-refractivity contribution in [1.29, 1.82) is 0 Å². The zero-order chi connectivity index (χ0) is 56.8. The minimum atomic E-state index is -0.284. The molecule has 3 aliphatic rings. The van der Waals surface area contributed by atoms with Gasteiger partial charge in [0.2, 0.25) is 0 Å². The number of furan rings is 3. The van der Waals surface area contributed by atoms with Crippen molar-refractivity contribution in [2.75, 3.05) is 14.7 Å². The first-order valence-corrected chi connectivity index (χ1v) is 29.6. The molecule has 404 valence electrons. The van der Waals surface area contributed by atoms with Crippen LogP contribution in [0.1, 0.15) is 25.0 Å². The molecule has 1 aliphatic carbocycles. The van der Waals surface area contributed by atoms with Crippen LogP contribution in [0.5, 0.6) is 0 Å². The Morgan fingerprint density at radius 2 is 0.895 bits per heavy atom. The summed E-state index contributed by atoms with van der Waals surface area (Å²) in [7, 11) is 0. The van der Waals surface area contributed by atoms with Crippen molar-refractivity contribution in [3.8, 4) is 45.1 Å². The molecule has 7 heteroatoms. The maximum Gasteiger partial charge on any atom is 0.252 e. The molecular weight excluding hydrogens is 1050 g/mol. The predicted octanol–water partition coefficient (Wildman–Crippen LogP) is 19.9. The summed E-state index contributed by atoms with van der Waals surface area (Å²) in [6.07, 6.45) is 0. The first kappa shape index (κ1) is 48.5. The second-order valence-electron chi connectivity index (χ2n) is 23.6. The van der Waals surface area contributed by atoms with Gasteiger partial charge < -0.3 is 28.0 Å². The minimum absolute atomic E-state index is 0.134. The number of para-hydroxylation sites is 5. The van der Waals surface area contributed by atoms with Gasteiger partial charge in [-0.25, -0.2) is 0 Å². The Balaban J connectivity index is 0.914. The topological polar surface area (TPSA) is 49.1 Å². The van der Waals surface area contributed by atoms with Gasteiger partial charge in [0, 0.05) is 83.8 Å². The van der Waals surface area contributed by atoms with Gasteiger partial charge in [-0.1, -0.05) is 172 Å². The van der Waals surface area contributed by atoms with E-state index in [1.807, 2.05) is 36.4 Å². The van der Waals surface area contributed by atoms with E-state index in [1.54, 1.807) is 0 Å². The number of benzene rings is 12. The summed E-state index contributed by atoms with van der Waals surface area (Å²) in [5, 5.41) is 5.73. The van der Waals surface area contributed by atoms with Crippen molar-refractivity contribution in [3.63, 3.8) is 0 Å². The van der Waals surface area contributed by atoms with Crippen molar-refractivity contribution in [2.24, 2.45) is 0 Å². The van der Waals surface area contributed by atoms with E-state index in [1.165, 1.54) is 49.4 Å². The molecule has 12 aromatic carbocycles. The number of fused-ring (bicyclic) bond motifs is 12. The number of rotatable bonds is 8. The normalized spacial score (nSPS) is 13.5. The van der Waals surface area contributed by atoms with Crippen molar-refractivity contribution >= 4 is 118 Å². The summed E-state index contributed by atoms with van der Waals surface area (Å²) in [4.78, 5) is 7.46. The van der Waals surface area contributed by atoms with Crippen LogP contribution in [0.25, 0.3) is 88.8 Å². The van der Waals surface area contributed by atoms with E-state index in [0.29, 0.717) is 0 Å². The van der Waals surface area contributed by atoms with E-state index in [0.717, 1.165) is 118 Å². The average Bonchev–Trinajstić information content (AvgIpc) is 1.25. The summed E-state index contributed by atoms with van der Waals surface area (Å²) < 4.78 is 19.8. The van der Waals surface area contributed by atoms with Gasteiger partial charge in [0.05, 0.1) is 5.69 Å². The molecule has 0 fully saturated rings. The Labute approximate surface area is 497 Å². The van der Waals surface area contributed by atoms with Gasteiger partial charge >= 0.3 is 0 Å². The molecule has 18 rings (SSSR count). The molecule has 86 heavy (non-hydrogen) atoms. The Hall–Kier alpha value is -11.0. The number of nitrogens with zero attached hydrogens (tertiary/aromatic N) is 3. The molecule has 5 heterocycles. The lowest BCUT2D eigenvalue weighted by Crippen LogP contribution is -2.61. The van der Waals surface area contributed by atoms with Gasteiger partial charge in [-0.05, 0) is 171 Å². The smallest absolute Gasteiger partial charge is 0.252 e. The van der Waals surface area contributed by atoms with Gasteiger partial charge in [0.15, 0.2) is 0 Å². The highest BCUT2D eigenvalue weighted by Crippen LogP contribution is 2.55. The highest BCUT2D eigenvalue weighted by Gasteiger charge is 2.45. The van der Waals surface area contributed by atoms with Gasteiger partial charge in [-0.2, -0.15) is 0 Å². The van der Waals surface area contributed by atoms with E-state index in [4.69, 9.17) is 13.3 Å². The third kappa shape index (κ3) is 7.34. The first-order valence-electron chi connectivity index (χ1n) is 29.6. The van der Waals surface area contributed by atoms with Crippen LogP contribution in [0.15, 0.2) is 292 Å². The van der Waals surface area contributed by atoms with Crippen molar-refractivity contribution in [2.45, 2.75) is 19.3 Å². The Bertz CT molecular complexity index is 5170. The highest BCUT2D eigenvalue weighted by molar-refractivity contribution is 7.00. The standard InChI is InChI=1S/C79H52BN3O3/c1-79(2)63-39-33-49-17-6-10-25-61(49)77(63)62-38-37-59(46-64(62)79)81(57-35-31-50(32-36-57)74-43-52-18-7-13-28-71(52)84-74)60-47-69-78-70(48-60)83(58-24-16-21-51(41-58)75-44-53-19-8-14-29-72(53)85-75)68-42-55(76-45-54-20-9-15-30-73(54)86-76)34-40-66(68)80(78)65-26-11-12-27-67(65)82(69)56-22-4-3-5-23-56/h3-48H,1-2H3. The summed E-state index contributed by atoms with van der Waals surface area (Å²) in [5.74, 6) is 2.46. The summed E-state index contributed by atoms with van der Waals surface area (Å²) >= 11 is 0. The molecule has 0 saturated carbocycles. The molecule has 0 saturated heterocycles. The molecule has 0 spiro atoms. The summed E-state index contributed by atoms with van der Waals surface area (Å²) in [5.41, 5.74) is 23.7. The molecule has 0 unspecified atom stereocenters. The lowest BCUT2D eigenvalue weighted by molar-refractivity contribution is 0.631. The zero-order valence-corrected chi connectivity index (χ0v) is 47.2. The van der Waals surface area contributed by atoms with Gasteiger partial charge in [0.25, 0.3) is 6.71 Å². The van der Waals surface area contributed by atoms with E-state index in [-0.39, 0.29) is 12.1 Å². The molecule has 0 radical (unpaired) electrons. The fraction of sp³-hybridized carbons (Fsp3) is 0.0380. The molecule has 0 N–H and O–H groups in total. The summed E-state index contributed by atoms with van der Waals surface area (Å²) in [6.45, 7) is 4.63. The second kappa shape index (κ2) is 18.5. The third-order valence-electron chi connectivity index (χ3n) is 18.4. The first-order chi connectivity index (χ1) is 42.4. The lowest BCUT2D eigenvalue weighted by Gasteiger charge is -2.45. The molecule has 0 bridgehead atoms. The van der Waals surface area contributed by atoms with Crippen molar-refractivity contribution in [3.05, 3.63) is 290 Å². The van der Waals surface area contributed by atoms with E-state index < -0.39 is 0 Å². The Morgan fingerprint density at radius 3 is 1.58 bits per heavy atom. The fourth-order valence-electron chi connectivity index (χ4n) is 14.4. The fourth-order valence-corrected chi connectivity index (χ4v) is 14.4. The molecule has 2 aliphatic heterocycles. The van der Waals surface area contributed by atoms with E-state index >= 15 is 0 Å². The van der Waals surface area contributed by atoms with Gasteiger partial charge in [0.1, 0.15) is 34.0 Å². The van der Waals surface area contributed by atoms with Crippen LogP contribution in [0.4, 0.5) is 51.2 Å². The molecule has 0 atom stereocenters. The van der Waals surface area contributed by atoms with Crippen molar-refractivity contribution < 1.29 is 13.3 Å². The van der Waals surface area contributed by atoms with Crippen LogP contribution >= 0.6 is 0 Å². The third-order valence-corrected chi connectivity index (χ3v) is 18.4. The highest BCUT2D eigenvalue weighted by atomic mass is 16.3. The van der Waals surface area contributed by atoms with Gasteiger partial charge in [-0.15, -0.1) is 0 Å². The summed E-state index contributed by atoms with van der Waals surface area (Å²) in [6, 6.07) is 101. The lowest BCUT2D eigenvalue weighted by atomic mass is 9.33. The van der Waals surface area contributed by atoms with Crippen LogP contribution in [0.3, 0.4) is 0 Å². The monoisotopic (exact) mass is 1100 g/mol. The van der Waals surface area contributed by atoms with Crippen molar-refractivity contribution in [1.82, 2.24) is 0 Å². The van der Waals surface area contributed by atoms with Crippen LogP contribution < -0.4 is 31.1 Å². The quantitative estimate of drug-likeness (QED) is 0.141. The predicted molar refractivity (Wildman–Crippen MR) is 356 cm³/mol. The largest absolute Gasteiger partial charge is 0.456 e. The molecule has 15 aromatic rings. The molecular formula is C79H52BN3O3. The number of hydrogen-bond acceptors (Lipinski definition) is 6. The maximum atomic E-state index is 6.70. The van der Waals surface area contributed by atoms with Crippen LogP contribution in [-0.2, 0) is 5.41 Å². The average molecular weight is 1100 g/mol. The maximum absolute atomic E-state index is 6.70. The number of anilines is 9. The van der Waals surface area contributed by atoms with Crippen LogP contribution in [-0.4, -0.2) is 6.71 Å². The second-order valence-corrected chi connectivity index (χ2v) is 23.6.